The van der Waals surface area contributed by atoms with Crippen molar-refractivity contribution in [3.05, 3.63) is 65.2 Å². The summed E-state index contributed by atoms with van der Waals surface area (Å²) in [6.07, 6.45) is -0.517. The molecule has 21 heavy (non-hydrogen) atoms. The Morgan fingerprint density at radius 3 is 2.14 bits per heavy atom. The Bertz CT molecular complexity index is 534. The van der Waals surface area contributed by atoms with Crippen LogP contribution in [0.1, 0.15) is 16.7 Å². The topological polar surface area (TPSA) is 41.5 Å². The molecule has 0 aromatic heterocycles. The first-order valence-electron chi connectivity index (χ1n) is 7.27. The summed E-state index contributed by atoms with van der Waals surface area (Å²) in [5.74, 6) is 0.790. The molecule has 3 heteroatoms. The number of hydrogen-bond acceptors (Lipinski definition) is 3. The number of rotatable bonds is 7. The van der Waals surface area contributed by atoms with E-state index in [0.717, 1.165) is 12.3 Å². The standard InChI is InChI=1S/C18H23NO2/c1-14-3-7-16(8-4-14)11-19-12-17(20)13-21-18-9-5-15(2)6-10-18/h3-10,17,19-20H,11-13H2,1-2H3. The third-order valence-electron chi connectivity index (χ3n) is 3.29. The molecular formula is C18H23NO2. The summed E-state index contributed by atoms with van der Waals surface area (Å²) in [4.78, 5) is 0. The first-order chi connectivity index (χ1) is 10.1. The second-order valence-corrected chi connectivity index (χ2v) is 5.39. The van der Waals surface area contributed by atoms with Crippen LogP contribution in [0.3, 0.4) is 0 Å². The van der Waals surface area contributed by atoms with Crippen LogP contribution in [0.15, 0.2) is 48.5 Å². The van der Waals surface area contributed by atoms with Crippen LogP contribution in [0, 0.1) is 13.8 Å². The van der Waals surface area contributed by atoms with Crippen molar-refractivity contribution in [1.82, 2.24) is 5.32 Å². The van der Waals surface area contributed by atoms with Gasteiger partial charge >= 0.3 is 0 Å². The Morgan fingerprint density at radius 1 is 0.952 bits per heavy atom. The molecule has 0 saturated heterocycles. The Labute approximate surface area is 126 Å². The first kappa shape index (κ1) is 15.5. The molecule has 2 aromatic rings. The van der Waals surface area contributed by atoms with Crippen LogP contribution in [-0.4, -0.2) is 24.4 Å². The molecule has 2 rings (SSSR count). The maximum Gasteiger partial charge on any atom is 0.119 e. The van der Waals surface area contributed by atoms with Crippen LogP contribution in [0.25, 0.3) is 0 Å². The normalized spacial score (nSPS) is 12.1. The molecule has 2 aromatic carbocycles. The van der Waals surface area contributed by atoms with Crippen LogP contribution < -0.4 is 10.1 Å². The second-order valence-electron chi connectivity index (χ2n) is 5.39. The van der Waals surface area contributed by atoms with E-state index >= 15 is 0 Å². The molecule has 0 amide bonds. The molecule has 3 nitrogen and oxygen atoms in total. The molecule has 2 N–H and O–H groups in total. The third kappa shape index (κ3) is 5.58. The van der Waals surface area contributed by atoms with Gasteiger partial charge in [-0.2, -0.15) is 0 Å². The number of benzene rings is 2. The molecule has 112 valence electrons. The largest absolute Gasteiger partial charge is 0.491 e. The zero-order valence-corrected chi connectivity index (χ0v) is 12.7. The van der Waals surface area contributed by atoms with E-state index in [2.05, 4.69) is 36.5 Å². The summed E-state index contributed by atoms with van der Waals surface area (Å²) in [5, 5.41) is 13.1. The molecule has 1 atom stereocenters. The predicted octanol–water partition coefficient (Wildman–Crippen LogP) is 2.83. The van der Waals surface area contributed by atoms with E-state index in [-0.39, 0.29) is 0 Å². The number of aliphatic hydroxyl groups is 1. The van der Waals surface area contributed by atoms with E-state index in [1.54, 1.807) is 0 Å². The van der Waals surface area contributed by atoms with Gasteiger partial charge in [0.25, 0.3) is 0 Å². The highest BCUT2D eigenvalue weighted by atomic mass is 16.5. The number of hydrogen-bond donors (Lipinski definition) is 2. The molecular weight excluding hydrogens is 262 g/mol. The lowest BCUT2D eigenvalue weighted by atomic mass is 10.1. The molecule has 0 aliphatic carbocycles. The minimum absolute atomic E-state index is 0.296. The Morgan fingerprint density at radius 2 is 1.52 bits per heavy atom. The second kappa shape index (κ2) is 7.81. The molecule has 0 aliphatic rings. The molecule has 0 fully saturated rings. The van der Waals surface area contributed by atoms with Gasteiger partial charge in [-0.15, -0.1) is 0 Å². The van der Waals surface area contributed by atoms with E-state index in [1.807, 2.05) is 31.2 Å². The minimum Gasteiger partial charge on any atom is -0.491 e. The van der Waals surface area contributed by atoms with Gasteiger partial charge in [-0.05, 0) is 31.5 Å². The SMILES string of the molecule is Cc1ccc(CNCC(O)COc2ccc(C)cc2)cc1. The zero-order valence-electron chi connectivity index (χ0n) is 12.7. The van der Waals surface area contributed by atoms with Gasteiger partial charge in [0.1, 0.15) is 18.5 Å². The predicted molar refractivity (Wildman–Crippen MR) is 85.6 cm³/mol. The van der Waals surface area contributed by atoms with Gasteiger partial charge in [-0.3, -0.25) is 0 Å². The van der Waals surface area contributed by atoms with E-state index < -0.39 is 6.10 Å². The lowest BCUT2D eigenvalue weighted by Gasteiger charge is -2.13. The molecule has 0 bridgehead atoms. The Kier molecular flexibility index (Phi) is 5.78. The van der Waals surface area contributed by atoms with Gasteiger partial charge in [0.05, 0.1) is 0 Å². The highest BCUT2D eigenvalue weighted by molar-refractivity contribution is 5.26. The van der Waals surface area contributed by atoms with Crippen molar-refractivity contribution in [2.24, 2.45) is 0 Å². The molecule has 0 heterocycles. The molecule has 0 saturated carbocycles. The lowest BCUT2D eigenvalue weighted by Crippen LogP contribution is -2.31. The summed E-state index contributed by atoms with van der Waals surface area (Å²) in [7, 11) is 0. The first-order valence-corrected chi connectivity index (χ1v) is 7.27. The molecule has 1 unspecified atom stereocenters. The quantitative estimate of drug-likeness (QED) is 0.822. The van der Waals surface area contributed by atoms with E-state index in [0.29, 0.717) is 13.2 Å². The van der Waals surface area contributed by atoms with Gasteiger partial charge in [-0.25, -0.2) is 0 Å². The van der Waals surface area contributed by atoms with Crippen molar-refractivity contribution in [2.45, 2.75) is 26.5 Å². The van der Waals surface area contributed by atoms with Crippen LogP contribution >= 0.6 is 0 Å². The van der Waals surface area contributed by atoms with Gasteiger partial charge in [-0.1, -0.05) is 47.5 Å². The highest BCUT2D eigenvalue weighted by Crippen LogP contribution is 2.11. The summed E-state index contributed by atoms with van der Waals surface area (Å²) in [6, 6.07) is 16.2. The van der Waals surface area contributed by atoms with Crippen LogP contribution in [0.2, 0.25) is 0 Å². The lowest BCUT2D eigenvalue weighted by molar-refractivity contribution is 0.106. The minimum atomic E-state index is -0.517. The molecule has 0 radical (unpaired) electrons. The van der Waals surface area contributed by atoms with Crippen molar-refractivity contribution in [1.29, 1.82) is 0 Å². The Hall–Kier alpha value is -1.84. The maximum atomic E-state index is 9.90. The third-order valence-corrected chi connectivity index (χ3v) is 3.29. The van der Waals surface area contributed by atoms with Gasteiger partial charge in [0.2, 0.25) is 0 Å². The highest BCUT2D eigenvalue weighted by Gasteiger charge is 2.05. The summed E-state index contributed by atoms with van der Waals surface area (Å²) in [6.45, 7) is 5.67. The molecule has 0 aliphatic heterocycles. The fourth-order valence-corrected chi connectivity index (χ4v) is 1.97. The average molecular weight is 285 g/mol. The van der Waals surface area contributed by atoms with Crippen molar-refractivity contribution in [3.8, 4) is 5.75 Å². The monoisotopic (exact) mass is 285 g/mol. The van der Waals surface area contributed by atoms with Crippen LogP contribution in [0.4, 0.5) is 0 Å². The average Bonchev–Trinajstić information content (AvgIpc) is 2.49. The zero-order chi connectivity index (χ0) is 15.1. The number of ether oxygens (including phenoxy) is 1. The van der Waals surface area contributed by atoms with Crippen molar-refractivity contribution in [2.75, 3.05) is 13.2 Å². The smallest absolute Gasteiger partial charge is 0.119 e. The Balaban J connectivity index is 1.66. The summed E-state index contributed by atoms with van der Waals surface area (Å²) in [5.41, 5.74) is 3.67. The maximum absolute atomic E-state index is 9.90. The summed E-state index contributed by atoms with van der Waals surface area (Å²) >= 11 is 0. The van der Waals surface area contributed by atoms with Crippen LogP contribution in [-0.2, 0) is 6.54 Å². The van der Waals surface area contributed by atoms with Crippen molar-refractivity contribution >= 4 is 0 Å². The van der Waals surface area contributed by atoms with E-state index in [1.165, 1.54) is 16.7 Å². The number of aliphatic hydroxyl groups excluding tert-OH is 1. The van der Waals surface area contributed by atoms with Gasteiger partial charge in [0.15, 0.2) is 0 Å². The summed E-state index contributed by atoms with van der Waals surface area (Å²) < 4.78 is 5.55. The van der Waals surface area contributed by atoms with E-state index in [9.17, 15) is 5.11 Å². The fraction of sp³-hybridized carbons (Fsp3) is 0.333. The van der Waals surface area contributed by atoms with Crippen molar-refractivity contribution in [3.63, 3.8) is 0 Å². The van der Waals surface area contributed by atoms with Crippen molar-refractivity contribution < 1.29 is 9.84 Å². The number of nitrogens with one attached hydrogen (secondary N) is 1. The van der Waals surface area contributed by atoms with E-state index in [4.69, 9.17) is 4.74 Å². The van der Waals surface area contributed by atoms with Crippen LogP contribution in [0.5, 0.6) is 5.75 Å². The number of aryl methyl sites for hydroxylation is 2. The van der Waals surface area contributed by atoms with Gasteiger partial charge < -0.3 is 15.2 Å². The molecule has 0 spiro atoms. The fourth-order valence-electron chi connectivity index (χ4n) is 1.97. The van der Waals surface area contributed by atoms with Gasteiger partial charge in [0, 0.05) is 13.1 Å².